The number of thiocarbonyl (C=S) groups is 1. The number of amides is 1. The summed E-state index contributed by atoms with van der Waals surface area (Å²) in [5, 5.41) is 2.99. The number of rotatable bonds is 2. The number of halogens is 2. The number of aromatic nitrogens is 1. The molecule has 0 spiro atoms. The lowest BCUT2D eigenvalue weighted by Gasteiger charge is -2.10. The smallest absolute Gasteiger partial charge is 0.286 e. The van der Waals surface area contributed by atoms with Gasteiger partial charge in [-0.2, -0.15) is 0 Å². The summed E-state index contributed by atoms with van der Waals surface area (Å²) in [5.41, 5.74) is 5.96. The van der Waals surface area contributed by atoms with E-state index in [1.165, 1.54) is 24.3 Å². The van der Waals surface area contributed by atoms with Crippen molar-refractivity contribution in [2.75, 3.05) is 5.32 Å². The second kappa shape index (κ2) is 6.49. The zero-order valence-corrected chi connectivity index (χ0v) is 12.4. The van der Waals surface area contributed by atoms with Crippen molar-refractivity contribution in [2.24, 2.45) is 0 Å². The monoisotopic (exact) mass is 356 g/mol. The van der Waals surface area contributed by atoms with E-state index >= 15 is 0 Å². The minimum Gasteiger partial charge on any atom is -0.356 e. The number of hydrogen-bond donors (Lipinski definition) is 4. The van der Waals surface area contributed by atoms with Gasteiger partial charge in [-0.05, 0) is 58.5 Å². The van der Waals surface area contributed by atoms with Gasteiger partial charge in [0.15, 0.2) is 5.11 Å². The number of H-pyrrole nitrogens is 1. The minimum absolute atomic E-state index is 0.190. The summed E-state index contributed by atoms with van der Waals surface area (Å²) in [6.07, 6.45) is 1.64. The third-order valence-electron chi connectivity index (χ3n) is 2.28. The van der Waals surface area contributed by atoms with Crippen LogP contribution >= 0.6 is 28.1 Å². The highest BCUT2D eigenvalue weighted by Gasteiger charge is 2.07. The number of aromatic amines is 1. The van der Waals surface area contributed by atoms with Gasteiger partial charge >= 0.3 is 0 Å². The van der Waals surface area contributed by atoms with Crippen LogP contribution in [0.15, 0.2) is 41.0 Å². The standard InChI is InChI=1S/C12H10BrFN4OS/c13-7-5-10(15-6-7)11(19)17-18-12(20)16-9-3-1-8(14)2-4-9/h1-6,15H,(H,17,19)(H2,16,18,20). The molecule has 0 atom stereocenters. The lowest BCUT2D eigenvalue weighted by Crippen LogP contribution is -2.43. The second-order valence-corrected chi connectivity index (χ2v) is 5.10. The Morgan fingerprint density at radius 2 is 1.95 bits per heavy atom. The van der Waals surface area contributed by atoms with Crippen LogP contribution < -0.4 is 16.2 Å². The molecule has 0 aliphatic heterocycles. The van der Waals surface area contributed by atoms with Gasteiger partial charge in [-0.25, -0.2) is 4.39 Å². The number of hydrazine groups is 1. The zero-order valence-electron chi connectivity index (χ0n) is 10.0. The van der Waals surface area contributed by atoms with Gasteiger partial charge in [-0.3, -0.25) is 15.6 Å². The first-order valence-corrected chi connectivity index (χ1v) is 6.71. The van der Waals surface area contributed by atoms with Gasteiger partial charge in [0.2, 0.25) is 0 Å². The first-order valence-electron chi connectivity index (χ1n) is 5.51. The number of carbonyl (C=O) groups excluding carboxylic acids is 1. The van der Waals surface area contributed by atoms with Crippen LogP contribution in [0.2, 0.25) is 0 Å². The lowest BCUT2D eigenvalue weighted by molar-refractivity contribution is 0.0940. The topological polar surface area (TPSA) is 69.0 Å². The molecule has 2 aromatic rings. The lowest BCUT2D eigenvalue weighted by atomic mass is 10.3. The maximum atomic E-state index is 12.7. The summed E-state index contributed by atoms with van der Waals surface area (Å²) in [6.45, 7) is 0. The van der Waals surface area contributed by atoms with E-state index in [4.69, 9.17) is 12.2 Å². The number of anilines is 1. The van der Waals surface area contributed by atoms with E-state index in [0.717, 1.165) is 4.47 Å². The Morgan fingerprint density at radius 1 is 1.25 bits per heavy atom. The van der Waals surface area contributed by atoms with Gasteiger partial charge in [0.05, 0.1) is 0 Å². The van der Waals surface area contributed by atoms with E-state index in [-0.39, 0.29) is 16.8 Å². The second-order valence-electron chi connectivity index (χ2n) is 3.77. The van der Waals surface area contributed by atoms with E-state index in [1.54, 1.807) is 12.3 Å². The molecular formula is C12H10BrFN4OS. The highest BCUT2D eigenvalue weighted by Crippen LogP contribution is 2.10. The summed E-state index contributed by atoms with van der Waals surface area (Å²) in [6, 6.07) is 7.31. The Balaban J connectivity index is 1.83. The van der Waals surface area contributed by atoms with E-state index in [9.17, 15) is 9.18 Å². The Hall–Kier alpha value is -1.93. The molecule has 104 valence electrons. The maximum Gasteiger partial charge on any atom is 0.286 e. The molecule has 1 aromatic carbocycles. The Morgan fingerprint density at radius 3 is 2.55 bits per heavy atom. The molecule has 8 heteroatoms. The van der Waals surface area contributed by atoms with Crippen molar-refractivity contribution in [3.8, 4) is 0 Å². The van der Waals surface area contributed by atoms with E-state index in [1.807, 2.05) is 0 Å². The summed E-state index contributed by atoms with van der Waals surface area (Å²) >= 11 is 8.22. The quantitative estimate of drug-likeness (QED) is 0.493. The first-order chi connectivity index (χ1) is 9.54. The van der Waals surface area contributed by atoms with Crippen LogP contribution in [0.3, 0.4) is 0 Å². The number of benzene rings is 1. The molecule has 2 rings (SSSR count). The molecule has 0 unspecified atom stereocenters. The third-order valence-corrected chi connectivity index (χ3v) is 2.95. The Bertz CT molecular complexity index is 629. The summed E-state index contributed by atoms with van der Waals surface area (Å²) in [7, 11) is 0. The first kappa shape index (κ1) is 14.5. The fraction of sp³-hybridized carbons (Fsp3) is 0. The summed E-state index contributed by atoms with van der Waals surface area (Å²) in [5.74, 6) is -0.695. The largest absolute Gasteiger partial charge is 0.356 e. The van der Waals surface area contributed by atoms with Crippen LogP contribution in [0, 0.1) is 5.82 Å². The molecule has 1 aromatic heterocycles. The highest BCUT2D eigenvalue weighted by molar-refractivity contribution is 9.10. The van der Waals surface area contributed by atoms with Crippen molar-refractivity contribution in [1.82, 2.24) is 15.8 Å². The van der Waals surface area contributed by atoms with Gasteiger partial charge in [0.25, 0.3) is 5.91 Å². The fourth-order valence-electron chi connectivity index (χ4n) is 1.38. The van der Waals surface area contributed by atoms with Crippen LogP contribution in [-0.2, 0) is 0 Å². The predicted octanol–water partition coefficient (Wildman–Crippen LogP) is 2.55. The maximum absolute atomic E-state index is 12.7. The number of nitrogens with one attached hydrogen (secondary N) is 4. The predicted molar refractivity (Wildman–Crippen MR) is 81.7 cm³/mol. The molecular weight excluding hydrogens is 347 g/mol. The SMILES string of the molecule is O=C(NNC(=S)Nc1ccc(F)cc1)c1cc(Br)c[nH]1. The normalized spacial score (nSPS) is 9.90. The molecule has 0 aliphatic rings. The molecule has 4 N–H and O–H groups in total. The van der Waals surface area contributed by atoms with Gasteiger partial charge in [0, 0.05) is 16.4 Å². The van der Waals surface area contributed by atoms with Crippen molar-refractivity contribution in [1.29, 1.82) is 0 Å². The highest BCUT2D eigenvalue weighted by atomic mass is 79.9. The third kappa shape index (κ3) is 4.04. The van der Waals surface area contributed by atoms with E-state index in [0.29, 0.717) is 11.4 Å². The number of carbonyl (C=O) groups is 1. The number of hydrogen-bond acceptors (Lipinski definition) is 2. The van der Waals surface area contributed by atoms with Crippen LogP contribution in [0.4, 0.5) is 10.1 Å². The van der Waals surface area contributed by atoms with Crippen molar-refractivity contribution >= 4 is 44.9 Å². The molecule has 0 bridgehead atoms. The van der Waals surface area contributed by atoms with Gasteiger partial charge < -0.3 is 10.3 Å². The van der Waals surface area contributed by atoms with Crippen molar-refractivity contribution in [3.05, 3.63) is 52.5 Å². The van der Waals surface area contributed by atoms with Gasteiger partial charge in [-0.15, -0.1) is 0 Å². The Labute approximate surface area is 128 Å². The van der Waals surface area contributed by atoms with E-state index < -0.39 is 0 Å². The van der Waals surface area contributed by atoms with Crippen LogP contribution in [-0.4, -0.2) is 16.0 Å². The molecule has 0 aliphatic carbocycles. The zero-order chi connectivity index (χ0) is 14.5. The molecule has 1 heterocycles. The van der Waals surface area contributed by atoms with Crippen LogP contribution in [0.25, 0.3) is 0 Å². The summed E-state index contributed by atoms with van der Waals surface area (Å²) < 4.78 is 13.5. The molecule has 0 fully saturated rings. The average molecular weight is 357 g/mol. The van der Waals surface area contributed by atoms with Gasteiger partial charge in [0.1, 0.15) is 11.5 Å². The van der Waals surface area contributed by atoms with Crippen molar-refractivity contribution < 1.29 is 9.18 Å². The van der Waals surface area contributed by atoms with Crippen LogP contribution in [0.1, 0.15) is 10.5 Å². The molecule has 5 nitrogen and oxygen atoms in total. The minimum atomic E-state index is -0.362. The van der Waals surface area contributed by atoms with Crippen LogP contribution in [0.5, 0.6) is 0 Å². The van der Waals surface area contributed by atoms with Gasteiger partial charge in [-0.1, -0.05) is 0 Å². The molecule has 0 saturated heterocycles. The summed E-state index contributed by atoms with van der Waals surface area (Å²) in [4.78, 5) is 14.5. The van der Waals surface area contributed by atoms with Crippen molar-refractivity contribution in [3.63, 3.8) is 0 Å². The molecule has 20 heavy (non-hydrogen) atoms. The van der Waals surface area contributed by atoms with E-state index in [2.05, 4.69) is 37.1 Å². The Kier molecular flexibility index (Phi) is 4.70. The average Bonchev–Trinajstić information content (AvgIpc) is 2.85. The molecule has 0 saturated carbocycles. The molecule has 1 amide bonds. The van der Waals surface area contributed by atoms with Crippen molar-refractivity contribution in [2.45, 2.75) is 0 Å². The fourth-order valence-corrected chi connectivity index (χ4v) is 1.89. The molecule has 0 radical (unpaired) electrons.